The largest absolute Gasteiger partial charge is 0.326 e. The van der Waals surface area contributed by atoms with E-state index in [1.807, 2.05) is 0 Å². The molecule has 0 saturated heterocycles. The first-order chi connectivity index (χ1) is 6.65. The summed E-state index contributed by atoms with van der Waals surface area (Å²) in [6.45, 7) is 4.54. The highest BCUT2D eigenvalue weighted by molar-refractivity contribution is 7.30. The quantitative estimate of drug-likeness (QED) is 0.514. The molecule has 0 aliphatic rings. The Hall–Kier alpha value is 0.150. The molecule has 3 nitrogen and oxygen atoms in total. The predicted octanol–water partition coefficient (Wildman–Crippen LogP) is 3.51. The zero-order valence-electron chi connectivity index (χ0n) is 9.46. The van der Waals surface area contributed by atoms with Crippen LogP contribution < -0.4 is 0 Å². The molecule has 0 atom stereocenters. The minimum absolute atomic E-state index is 1.37. The van der Waals surface area contributed by atoms with Crippen LogP contribution in [-0.4, -0.2) is 9.79 Å². The zero-order valence-corrected chi connectivity index (χ0v) is 10.5. The van der Waals surface area contributed by atoms with E-state index >= 15 is 0 Å². The van der Waals surface area contributed by atoms with Gasteiger partial charge in [0.25, 0.3) is 0 Å². The van der Waals surface area contributed by atoms with E-state index < -0.39 is 8.25 Å². The molecule has 0 saturated carbocycles. The van der Waals surface area contributed by atoms with Gasteiger partial charge in [-0.05, 0) is 0 Å². The third kappa shape index (κ3) is 29.5. The van der Waals surface area contributed by atoms with Crippen LogP contribution in [-0.2, 0) is 4.57 Å². The van der Waals surface area contributed by atoms with Gasteiger partial charge in [0.1, 0.15) is 0 Å². The third-order valence-electron chi connectivity index (χ3n) is 1.96. The fraction of sp³-hybridized carbons (Fsp3) is 1.00. The maximum atomic E-state index is 8.74. The van der Waals surface area contributed by atoms with E-state index in [4.69, 9.17) is 14.4 Å². The van der Waals surface area contributed by atoms with E-state index in [0.717, 1.165) is 0 Å². The Labute approximate surface area is 88.5 Å². The van der Waals surface area contributed by atoms with Gasteiger partial charge >= 0.3 is 8.25 Å². The highest BCUT2D eigenvalue weighted by atomic mass is 31.1. The number of hydrogen-bond acceptors (Lipinski definition) is 1. The molecule has 0 spiro atoms. The molecule has 0 rings (SSSR count). The number of hydrogen-bond donors (Lipinski definition) is 2. The Morgan fingerprint density at radius 1 is 0.786 bits per heavy atom. The molecule has 0 amide bonds. The molecule has 2 N–H and O–H groups in total. The van der Waals surface area contributed by atoms with Crippen molar-refractivity contribution in [2.45, 2.75) is 65.2 Å². The molecule has 0 heterocycles. The SMILES string of the molecule is CCCCCCCCCC.O=[PH](O)O. The molecule has 4 heteroatoms. The zero-order chi connectivity index (χ0) is 11.2. The summed E-state index contributed by atoms with van der Waals surface area (Å²) >= 11 is 0. The molecule has 0 radical (unpaired) electrons. The van der Waals surface area contributed by atoms with Crippen LogP contribution in [0.15, 0.2) is 0 Å². The third-order valence-corrected chi connectivity index (χ3v) is 1.96. The van der Waals surface area contributed by atoms with Gasteiger partial charge in [-0.1, -0.05) is 65.2 Å². The van der Waals surface area contributed by atoms with Crippen LogP contribution in [0.5, 0.6) is 0 Å². The lowest BCUT2D eigenvalue weighted by atomic mass is 10.1. The van der Waals surface area contributed by atoms with Crippen molar-refractivity contribution in [2.24, 2.45) is 0 Å². The van der Waals surface area contributed by atoms with Crippen molar-refractivity contribution in [3.8, 4) is 0 Å². The first-order valence-corrected chi connectivity index (χ1v) is 6.87. The summed E-state index contributed by atoms with van der Waals surface area (Å²) in [6, 6.07) is 0. The first kappa shape index (κ1) is 16.6. The maximum absolute atomic E-state index is 8.74. The predicted molar refractivity (Wildman–Crippen MR) is 61.7 cm³/mol. The van der Waals surface area contributed by atoms with E-state index in [2.05, 4.69) is 13.8 Å². The van der Waals surface area contributed by atoms with Crippen LogP contribution in [0.4, 0.5) is 0 Å². The molecule has 0 aromatic heterocycles. The van der Waals surface area contributed by atoms with Crippen LogP contribution in [0.25, 0.3) is 0 Å². The Kier molecular flexibility index (Phi) is 18.5. The molecule has 0 fully saturated rings. The molecule has 0 aliphatic carbocycles. The van der Waals surface area contributed by atoms with E-state index in [1.54, 1.807) is 0 Å². The van der Waals surface area contributed by atoms with Gasteiger partial charge in [-0.2, -0.15) is 0 Å². The molecule has 0 bridgehead atoms. The summed E-state index contributed by atoms with van der Waals surface area (Å²) in [6.07, 6.45) is 11.5. The molecule has 0 aromatic rings. The average molecular weight is 224 g/mol. The van der Waals surface area contributed by atoms with Crippen molar-refractivity contribution in [1.82, 2.24) is 0 Å². The maximum Gasteiger partial charge on any atom is 0.314 e. The van der Waals surface area contributed by atoms with E-state index in [1.165, 1.54) is 51.4 Å². The van der Waals surface area contributed by atoms with Crippen molar-refractivity contribution >= 4 is 8.25 Å². The Bertz CT molecular complexity index is 106. The van der Waals surface area contributed by atoms with Crippen molar-refractivity contribution in [1.29, 1.82) is 0 Å². The van der Waals surface area contributed by atoms with E-state index in [-0.39, 0.29) is 0 Å². The van der Waals surface area contributed by atoms with Crippen molar-refractivity contribution < 1.29 is 14.4 Å². The Morgan fingerprint density at radius 2 is 1.00 bits per heavy atom. The standard InChI is InChI=1S/C10H22.H3O3P/c1-3-5-7-9-10-8-6-4-2;1-4(2)3/h3-10H2,1-2H3;4H,(H2,1,2,3). The minimum Gasteiger partial charge on any atom is -0.326 e. The van der Waals surface area contributed by atoms with Crippen molar-refractivity contribution in [2.75, 3.05) is 0 Å². The van der Waals surface area contributed by atoms with Gasteiger partial charge < -0.3 is 9.79 Å². The molecule has 0 unspecified atom stereocenters. The average Bonchev–Trinajstić information content (AvgIpc) is 2.10. The molecule has 88 valence electrons. The van der Waals surface area contributed by atoms with E-state index in [9.17, 15) is 0 Å². The lowest BCUT2D eigenvalue weighted by molar-refractivity contribution is 0.405. The monoisotopic (exact) mass is 224 g/mol. The summed E-state index contributed by atoms with van der Waals surface area (Å²) in [5.41, 5.74) is 0. The fourth-order valence-electron chi connectivity index (χ4n) is 1.21. The molecule has 14 heavy (non-hydrogen) atoms. The molecular weight excluding hydrogens is 199 g/mol. The van der Waals surface area contributed by atoms with Gasteiger partial charge in [0, 0.05) is 0 Å². The van der Waals surface area contributed by atoms with Crippen LogP contribution >= 0.6 is 8.25 Å². The molecule has 0 aromatic carbocycles. The van der Waals surface area contributed by atoms with Crippen molar-refractivity contribution in [3.05, 3.63) is 0 Å². The van der Waals surface area contributed by atoms with Crippen LogP contribution in [0.3, 0.4) is 0 Å². The number of rotatable bonds is 7. The van der Waals surface area contributed by atoms with Crippen LogP contribution in [0.2, 0.25) is 0 Å². The summed E-state index contributed by atoms with van der Waals surface area (Å²) in [4.78, 5) is 14.3. The summed E-state index contributed by atoms with van der Waals surface area (Å²) < 4.78 is 8.74. The summed E-state index contributed by atoms with van der Waals surface area (Å²) in [7, 11) is -3.13. The van der Waals surface area contributed by atoms with Gasteiger partial charge in [-0.15, -0.1) is 0 Å². The van der Waals surface area contributed by atoms with E-state index in [0.29, 0.717) is 0 Å². The Balaban J connectivity index is 0. The minimum atomic E-state index is -3.13. The van der Waals surface area contributed by atoms with Crippen LogP contribution in [0.1, 0.15) is 65.2 Å². The topological polar surface area (TPSA) is 57.5 Å². The second-order valence-electron chi connectivity index (χ2n) is 3.40. The van der Waals surface area contributed by atoms with Gasteiger partial charge in [0.05, 0.1) is 0 Å². The van der Waals surface area contributed by atoms with Gasteiger partial charge in [-0.25, -0.2) is 0 Å². The Morgan fingerprint density at radius 3 is 1.21 bits per heavy atom. The summed E-state index contributed by atoms with van der Waals surface area (Å²) in [5, 5.41) is 0. The van der Waals surface area contributed by atoms with Gasteiger partial charge in [0.15, 0.2) is 0 Å². The first-order valence-electron chi connectivity index (χ1n) is 5.57. The summed E-state index contributed by atoms with van der Waals surface area (Å²) in [5.74, 6) is 0. The lowest BCUT2D eigenvalue weighted by Gasteiger charge is -1.97. The second-order valence-corrected chi connectivity index (χ2v) is 3.97. The lowest BCUT2D eigenvalue weighted by Crippen LogP contribution is -1.77. The second kappa shape index (κ2) is 15.6. The molecule has 0 aliphatic heterocycles. The highest BCUT2D eigenvalue weighted by Crippen LogP contribution is 2.07. The normalized spacial score (nSPS) is 9.79. The van der Waals surface area contributed by atoms with Gasteiger partial charge in [0.2, 0.25) is 0 Å². The van der Waals surface area contributed by atoms with Crippen LogP contribution in [0, 0.1) is 0 Å². The fourth-order valence-corrected chi connectivity index (χ4v) is 1.21. The van der Waals surface area contributed by atoms with Gasteiger partial charge in [-0.3, -0.25) is 4.57 Å². The number of unbranched alkanes of at least 4 members (excludes halogenated alkanes) is 7. The highest BCUT2D eigenvalue weighted by Gasteiger charge is 1.87. The smallest absolute Gasteiger partial charge is 0.314 e. The van der Waals surface area contributed by atoms with Crippen molar-refractivity contribution in [3.63, 3.8) is 0 Å². The molecular formula is C10H25O3P.